The first-order valence-electron chi connectivity index (χ1n) is 5.60. The Labute approximate surface area is 111 Å². The molecular weight excluding hydrogens is 286 g/mol. The van der Waals surface area contributed by atoms with Gasteiger partial charge in [-0.25, -0.2) is 0 Å². The monoisotopic (exact) mass is 298 g/mol. The van der Waals surface area contributed by atoms with Crippen molar-refractivity contribution in [3.8, 4) is 0 Å². The van der Waals surface area contributed by atoms with Gasteiger partial charge in [0.05, 0.1) is 5.56 Å². The van der Waals surface area contributed by atoms with Crippen LogP contribution in [-0.2, 0) is 11.8 Å². The highest BCUT2D eigenvalue weighted by atomic mass is 19.4. The van der Waals surface area contributed by atoms with E-state index in [9.17, 15) is 31.4 Å². The van der Waals surface area contributed by atoms with Crippen molar-refractivity contribution in [1.82, 2.24) is 0 Å². The van der Waals surface area contributed by atoms with E-state index in [4.69, 9.17) is 0 Å². The molecule has 0 aliphatic carbocycles. The third kappa shape index (κ3) is 3.33. The van der Waals surface area contributed by atoms with Crippen LogP contribution in [0.5, 0.6) is 0 Å². The predicted molar refractivity (Wildman–Crippen MR) is 60.8 cm³/mol. The molecule has 1 aromatic rings. The SMILES string of the molecule is C/C=C\C[C@@](O)(c1cccc(C(F)(F)F)c1)C(F)(F)F. The van der Waals surface area contributed by atoms with Crippen LogP contribution >= 0.6 is 0 Å². The molecule has 0 spiro atoms. The van der Waals surface area contributed by atoms with Crippen molar-refractivity contribution >= 4 is 0 Å². The summed E-state index contributed by atoms with van der Waals surface area (Å²) in [4.78, 5) is 0. The van der Waals surface area contributed by atoms with Crippen molar-refractivity contribution in [2.24, 2.45) is 0 Å². The second-order valence-electron chi connectivity index (χ2n) is 4.21. The molecule has 0 heterocycles. The van der Waals surface area contributed by atoms with E-state index in [0.29, 0.717) is 12.1 Å². The second kappa shape index (κ2) is 5.47. The van der Waals surface area contributed by atoms with Crippen LogP contribution in [0.3, 0.4) is 0 Å². The predicted octanol–water partition coefficient (Wildman–Crippen LogP) is 4.42. The highest BCUT2D eigenvalue weighted by Gasteiger charge is 2.54. The van der Waals surface area contributed by atoms with Gasteiger partial charge in [0.1, 0.15) is 0 Å². The first kappa shape index (κ1) is 16.6. The lowest BCUT2D eigenvalue weighted by molar-refractivity contribution is -0.265. The summed E-state index contributed by atoms with van der Waals surface area (Å²) in [7, 11) is 0. The van der Waals surface area contributed by atoms with Gasteiger partial charge in [-0.3, -0.25) is 0 Å². The topological polar surface area (TPSA) is 20.2 Å². The fourth-order valence-corrected chi connectivity index (χ4v) is 1.64. The standard InChI is InChI=1S/C13H12F6O/c1-2-3-7-11(20,13(17,18)19)9-5-4-6-10(8-9)12(14,15)16/h2-6,8,20H,7H2,1H3/b3-2-/t11-/m1/s1. The van der Waals surface area contributed by atoms with E-state index in [2.05, 4.69) is 0 Å². The molecule has 1 aromatic carbocycles. The van der Waals surface area contributed by atoms with Gasteiger partial charge >= 0.3 is 12.4 Å². The van der Waals surface area contributed by atoms with Gasteiger partial charge in [0.25, 0.3) is 0 Å². The molecule has 0 bridgehead atoms. The molecule has 1 N–H and O–H groups in total. The first-order valence-corrected chi connectivity index (χ1v) is 5.60. The van der Waals surface area contributed by atoms with Crippen LogP contribution in [0.25, 0.3) is 0 Å². The molecule has 7 heteroatoms. The van der Waals surface area contributed by atoms with Crippen LogP contribution in [-0.4, -0.2) is 11.3 Å². The summed E-state index contributed by atoms with van der Waals surface area (Å²) < 4.78 is 76.5. The molecule has 20 heavy (non-hydrogen) atoms. The average molecular weight is 298 g/mol. The lowest BCUT2D eigenvalue weighted by atomic mass is 9.88. The van der Waals surface area contributed by atoms with E-state index < -0.39 is 35.5 Å². The minimum atomic E-state index is -5.09. The highest BCUT2D eigenvalue weighted by Crippen LogP contribution is 2.43. The normalized spacial score (nSPS) is 16.4. The van der Waals surface area contributed by atoms with Crippen molar-refractivity contribution in [1.29, 1.82) is 0 Å². The lowest BCUT2D eigenvalue weighted by Gasteiger charge is -2.30. The van der Waals surface area contributed by atoms with E-state index in [1.807, 2.05) is 0 Å². The Morgan fingerprint density at radius 2 is 1.60 bits per heavy atom. The number of aliphatic hydroxyl groups is 1. The molecule has 0 unspecified atom stereocenters. The number of allylic oxidation sites excluding steroid dienone is 1. The molecule has 0 radical (unpaired) electrons. The largest absolute Gasteiger partial charge is 0.421 e. The van der Waals surface area contributed by atoms with Crippen molar-refractivity contribution in [3.63, 3.8) is 0 Å². The highest BCUT2D eigenvalue weighted by molar-refractivity contribution is 5.31. The van der Waals surface area contributed by atoms with Crippen LogP contribution in [0.15, 0.2) is 36.4 Å². The van der Waals surface area contributed by atoms with Crippen LogP contribution in [0.2, 0.25) is 0 Å². The molecule has 112 valence electrons. The molecule has 0 aliphatic rings. The molecule has 1 nitrogen and oxygen atoms in total. The Hall–Kier alpha value is -1.50. The Kier molecular flexibility index (Phi) is 4.53. The smallest absolute Gasteiger partial charge is 0.376 e. The van der Waals surface area contributed by atoms with Crippen LogP contribution < -0.4 is 0 Å². The quantitative estimate of drug-likeness (QED) is 0.647. The maximum Gasteiger partial charge on any atom is 0.421 e. The number of hydrogen-bond donors (Lipinski definition) is 1. The van der Waals surface area contributed by atoms with Gasteiger partial charge in [-0.1, -0.05) is 24.3 Å². The van der Waals surface area contributed by atoms with Gasteiger partial charge in [0.15, 0.2) is 5.60 Å². The average Bonchev–Trinajstić information content (AvgIpc) is 2.33. The van der Waals surface area contributed by atoms with E-state index in [1.165, 1.54) is 13.0 Å². The van der Waals surface area contributed by atoms with Crippen molar-refractivity contribution in [2.75, 3.05) is 0 Å². The fraction of sp³-hybridized carbons (Fsp3) is 0.385. The maximum atomic E-state index is 13.0. The summed E-state index contributed by atoms with van der Waals surface area (Å²) in [5.74, 6) is 0. The van der Waals surface area contributed by atoms with E-state index >= 15 is 0 Å². The van der Waals surface area contributed by atoms with Crippen LogP contribution in [0.4, 0.5) is 26.3 Å². The van der Waals surface area contributed by atoms with Crippen molar-refractivity contribution in [3.05, 3.63) is 47.5 Å². The number of alkyl halides is 6. The summed E-state index contributed by atoms with van der Waals surface area (Å²) in [6, 6.07) is 2.63. The molecule has 0 aliphatic heterocycles. The maximum absolute atomic E-state index is 13.0. The Morgan fingerprint density at radius 1 is 1.05 bits per heavy atom. The van der Waals surface area contributed by atoms with Crippen molar-refractivity contribution < 1.29 is 31.4 Å². The zero-order valence-electron chi connectivity index (χ0n) is 10.4. The molecule has 0 amide bonds. The molecule has 0 saturated heterocycles. The zero-order chi connectivity index (χ0) is 15.6. The van der Waals surface area contributed by atoms with Gasteiger partial charge in [-0.15, -0.1) is 0 Å². The molecule has 0 saturated carbocycles. The summed E-state index contributed by atoms with van der Waals surface area (Å²) in [5, 5.41) is 9.80. The van der Waals surface area contributed by atoms with Gasteiger partial charge in [0, 0.05) is 6.42 Å². The van der Waals surface area contributed by atoms with E-state index in [0.717, 1.165) is 18.2 Å². The van der Waals surface area contributed by atoms with Gasteiger partial charge in [-0.05, 0) is 24.6 Å². The minimum Gasteiger partial charge on any atom is -0.376 e. The van der Waals surface area contributed by atoms with Crippen LogP contribution in [0.1, 0.15) is 24.5 Å². The summed E-state index contributed by atoms with van der Waals surface area (Å²) in [6.45, 7) is 1.45. The molecular formula is C13H12F6O. The third-order valence-corrected chi connectivity index (χ3v) is 2.79. The Balaban J connectivity index is 3.36. The van der Waals surface area contributed by atoms with Crippen molar-refractivity contribution in [2.45, 2.75) is 31.3 Å². The Bertz CT molecular complexity index is 488. The zero-order valence-corrected chi connectivity index (χ0v) is 10.4. The lowest BCUT2D eigenvalue weighted by Crippen LogP contribution is -2.42. The molecule has 1 rings (SSSR count). The summed E-state index contributed by atoms with van der Waals surface area (Å²) in [5.41, 5.74) is -5.42. The molecule has 0 fully saturated rings. The number of benzene rings is 1. The third-order valence-electron chi connectivity index (χ3n) is 2.79. The van der Waals surface area contributed by atoms with Gasteiger partial charge in [0.2, 0.25) is 0 Å². The molecule has 0 aromatic heterocycles. The van der Waals surface area contributed by atoms with E-state index in [1.54, 1.807) is 0 Å². The minimum absolute atomic E-state index is 0.316. The van der Waals surface area contributed by atoms with Crippen LogP contribution in [0, 0.1) is 0 Å². The number of halogens is 6. The van der Waals surface area contributed by atoms with Gasteiger partial charge in [-0.2, -0.15) is 26.3 Å². The molecule has 1 atom stereocenters. The summed E-state index contributed by atoms with van der Waals surface area (Å²) in [6.07, 6.45) is -8.38. The second-order valence-corrected chi connectivity index (χ2v) is 4.21. The van der Waals surface area contributed by atoms with E-state index in [-0.39, 0.29) is 0 Å². The first-order chi connectivity index (χ1) is 9.02. The summed E-state index contributed by atoms with van der Waals surface area (Å²) >= 11 is 0. The fourth-order valence-electron chi connectivity index (χ4n) is 1.64. The number of rotatable bonds is 3. The number of hydrogen-bond acceptors (Lipinski definition) is 1. The van der Waals surface area contributed by atoms with Gasteiger partial charge < -0.3 is 5.11 Å². The Morgan fingerprint density at radius 3 is 2.05 bits per heavy atom.